The van der Waals surface area contributed by atoms with E-state index in [1.807, 2.05) is 24.3 Å². The smallest absolute Gasteiger partial charge is 0.292 e. The van der Waals surface area contributed by atoms with Crippen molar-refractivity contribution in [1.29, 1.82) is 0 Å². The Hall–Kier alpha value is -3.09. The van der Waals surface area contributed by atoms with Gasteiger partial charge in [-0.1, -0.05) is 19.1 Å². The summed E-state index contributed by atoms with van der Waals surface area (Å²) in [6.45, 7) is 4.76. The number of hydrogen-bond donors (Lipinski definition) is 2. The summed E-state index contributed by atoms with van der Waals surface area (Å²) in [5, 5.41) is 16.8. The Kier molecular flexibility index (Phi) is 6.47. The minimum Gasteiger partial charge on any atom is -0.379 e. The summed E-state index contributed by atoms with van der Waals surface area (Å²) in [5.41, 5.74) is 2.36. The van der Waals surface area contributed by atoms with Gasteiger partial charge in [0.05, 0.1) is 4.92 Å². The van der Waals surface area contributed by atoms with Gasteiger partial charge in [0.1, 0.15) is 5.69 Å². The molecule has 2 aromatic rings. The van der Waals surface area contributed by atoms with E-state index in [0.717, 1.165) is 24.7 Å². The number of carbonyl (C=O) groups is 1. The molecule has 2 N–H and O–H groups in total. The van der Waals surface area contributed by atoms with E-state index in [9.17, 15) is 14.9 Å². The topological polar surface area (TPSA) is 87.5 Å². The van der Waals surface area contributed by atoms with Gasteiger partial charge in [0.2, 0.25) is 5.91 Å². The average molecular weight is 382 g/mol. The van der Waals surface area contributed by atoms with Crippen LogP contribution in [0.3, 0.4) is 0 Å². The quantitative estimate of drug-likeness (QED) is 0.551. The van der Waals surface area contributed by atoms with Crippen LogP contribution >= 0.6 is 0 Å². The van der Waals surface area contributed by atoms with Crippen molar-refractivity contribution in [1.82, 2.24) is 0 Å². The van der Waals surface area contributed by atoms with Gasteiger partial charge in [-0.3, -0.25) is 14.9 Å². The van der Waals surface area contributed by atoms with Crippen LogP contribution in [0, 0.1) is 16.0 Å². The van der Waals surface area contributed by atoms with Gasteiger partial charge >= 0.3 is 0 Å². The van der Waals surface area contributed by atoms with Gasteiger partial charge < -0.3 is 15.5 Å². The van der Waals surface area contributed by atoms with Crippen LogP contribution in [0.5, 0.6) is 0 Å². The van der Waals surface area contributed by atoms with Crippen molar-refractivity contribution < 1.29 is 9.72 Å². The molecular formula is C21H26N4O3. The third-order valence-electron chi connectivity index (χ3n) is 5.07. The number of hydrogen-bond acceptors (Lipinski definition) is 5. The first-order valence-electron chi connectivity index (χ1n) is 9.65. The molecule has 7 heteroatoms. The molecule has 0 aliphatic carbocycles. The van der Waals surface area contributed by atoms with Crippen molar-refractivity contribution in [3.63, 3.8) is 0 Å². The van der Waals surface area contributed by atoms with E-state index < -0.39 is 4.92 Å². The zero-order chi connectivity index (χ0) is 19.9. The number of nitro groups is 1. The first kappa shape index (κ1) is 19.7. The lowest BCUT2D eigenvalue weighted by atomic mass is 9.99. The molecule has 0 aromatic heterocycles. The largest absolute Gasteiger partial charge is 0.379 e. The van der Waals surface area contributed by atoms with Crippen LogP contribution in [0.2, 0.25) is 0 Å². The number of anilines is 3. The average Bonchev–Trinajstić information content (AvgIpc) is 2.69. The highest BCUT2D eigenvalue weighted by atomic mass is 16.6. The van der Waals surface area contributed by atoms with Crippen LogP contribution in [0.4, 0.5) is 22.7 Å². The second-order valence-electron chi connectivity index (χ2n) is 7.22. The molecule has 7 nitrogen and oxygen atoms in total. The van der Waals surface area contributed by atoms with Crippen molar-refractivity contribution in [2.75, 3.05) is 35.2 Å². The van der Waals surface area contributed by atoms with Crippen molar-refractivity contribution >= 4 is 28.7 Å². The number of nitrogens with one attached hydrogen (secondary N) is 2. The molecule has 1 aliphatic rings. The molecule has 0 unspecified atom stereocenters. The lowest BCUT2D eigenvalue weighted by Crippen LogP contribution is -2.32. The maximum Gasteiger partial charge on any atom is 0.292 e. The molecule has 0 atom stereocenters. The Morgan fingerprint density at radius 2 is 1.82 bits per heavy atom. The van der Waals surface area contributed by atoms with Crippen molar-refractivity contribution in [2.45, 2.75) is 26.2 Å². The highest BCUT2D eigenvalue weighted by Gasteiger charge is 2.16. The lowest BCUT2D eigenvalue weighted by Gasteiger charge is -2.32. The van der Waals surface area contributed by atoms with Gasteiger partial charge in [-0.15, -0.1) is 0 Å². The summed E-state index contributed by atoms with van der Waals surface area (Å²) in [6.07, 6.45) is 2.65. The molecule has 1 aliphatic heterocycles. The van der Waals surface area contributed by atoms with E-state index >= 15 is 0 Å². The fourth-order valence-electron chi connectivity index (χ4n) is 3.34. The number of nitro benzene ring substituents is 1. The van der Waals surface area contributed by atoms with Crippen LogP contribution in [0.1, 0.15) is 26.2 Å². The highest BCUT2D eigenvalue weighted by molar-refractivity contribution is 5.91. The molecule has 3 rings (SSSR count). The Morgan fingerprint density at radius 1 is 1.14 bits per heavy atom. The summed E-state index contributed by atoms with van der Waals surface area (Å²) < 4.78 is 0. The maximum absolute atomic E-state index is 12.1. The summed E-state index contributed by atoms with van der Waals surface area (Å²) >= 11 is 0. The van der Waals surface area contributed by atoms with Gasteiger partial charge in [0.25, 0.3) is 5.69 Å². The van der Waals surface area contributed by atoms with Gasteiger partial charge in [-0.05, 0) is 49.1 Å². The summed E-state index contributed by atoms with van der Waals surface area (Å²) in [5.74, 6) is 0.659. The minimum absolute atomic E-state index is 0.00519. The van der Waals surface area contributed by atoms with Gasteiger partial charge in [-0.25, -0.2) is 0 Å². The minimum atomic E-state index is -0.438. The third kappa shape index (κ3) is 5.22. The zero-order valence-electron chi connectivity index (χ0n) is 16.1. The summed E-state index contributed by atoms with van der Waals surface area (Å²) in [7, 11) is 0. The number of nitrogens with zero attached hydrogens (tertiary/aromatic N) is 2. The molecule has 0 saturated carbocycles. The predicted octanol–water partition coefficient (Wildman–Crippen LogP) is 4.27. The van der Waals surface area contributed by atoms with Crippen LogP contribution in [-0.4, -0.2) is 30.5 Å². The van der Waals surface area contributed by atoms with Gasteiger partial charge in [0.15, 0.2) is 0 Å². The lowest BCUT2D eigenvalue weighted by molar-refractivity contribution is -0.384. The van der Waals surface area contributed by atoms with Crippen LogP contribution < -0.4 is 15.5 Å². The van der Waals surface area contributed by atoms with E-state index in [1.54, 1.807) is 18.2 Å². The van der Waals surface area contributed by atoms with Crippen molar-refractivity contribution in [2.24, 2.45) is 5.92 Å². The molecule has 28 heavy (non-hydrogen) atoms. The van der Waals surface area contributed by atoms with E-state index in [2.05, 4.69) is 22.5 Å². The van der Waals surface area contributed by atoms with E-state index in [1.165, 1.54) is 24.6 Å². The van der Waals surface area contributed by atoms with E-state index in [-0.39, 0.29) is 18.0 Å². The number of amides is 1. The summed E-state index contributed by atoms with van der Waals surface area (Å²) in [4.78, 5) is 25.1. The monoisotopic (exact) mass is 382 g/mol. The number of carbonyl (C=O) groups excluding carboxylic acids is 1. The first-order chi connectivity index (χ1) is 13.5. The SMILES string of the molecule is CC1CCN(c2ccc(NC(=O)CCNc3ccccc3[N+](=O)[O-])cc2)CC1. The highest BCUT2D eigenvalue weighted by Crippen LogP contribution is 2.25. The number of para-hydroxylation sites is 2. The molecule has 0 bridgehead atoms. The van der Waals surface area contributed by atoms with E-state index in [0.29, 0.717) is 12.2 Å². The standard InChI is InChI=1S/C21H26N4O3/c1-16-11-14-24(15-12-16)18-8-6-17(7-9-18)23-21(26)10-13-22-19-4-2-3-5-20(19)25(27)28/h2-9,16,22H,10-15H2,1H3,(H,23,26). The summed E-state index contributed by atoms with van der Waals surface area (Å²) in [6, 6.07) is 14.3. The molecule has 1 fully saturated rings. The van der Waals surface area contributed by atoms with Crippen LogP contribution in [-0.2, 0) is 4.79 Å². The van der Waals surface area contributed by atoms with E-state index in [4.69, 9.17) is 0 Å². The normalized spacial score (nSPS) is 14.5. The number of piperidine rings is 1. The molecule has 1 saturated heterocycles. The van der Waals surface area contributed by atoms with Gasteiger partial charge in [-0.2, -0.15) is 0 Å². The molecule has 2 aromatic carbocycles. The van der Waals surface area contributed by atoms with Gasteiger partial charge in [0, 0.05) is 43.5 Å². The molecule has 148 valence electrons. The Bertz CT molecular complexity index is 815. The third-order valence-corrected chi connectivity index (χ3v) is 5.07. The van der Waals surface area contributed by atoms with Crippen LogP contribution in [0.15, 0.2) is 48.5 Å². The van der Waals surface area contributed by atoms with Crippen LogP contribution in [0.25, 0.3) is 0 Å². The molecule has 1 amide bonds. The second kappa shape index (κ2) is 9.21. The van der Waals surface area contributed by atoms with Crippen molar-refractivity contribution in [3.8, 4) is 0 Å². The maximum atomic E-state index is 12.1. The van der Waals surface area contributed by atoms with Crippen molar-refractivity contribution in [3.05, 3.63) is 58.6 Å². The Morgan fingerprint density at radius 3 is 2.50 bits per heavy atom. The fourth-order valence-corrected chi connectivity index (χ4v) is 3.34. The molecule has 0 spiro atoms. The number of benzene rings is 2. The first-order valence-corrected chi connectivity index (χ1v) is 9.65. The second-order valence-corrected chi connectivity index (χ2v) is 7.22. The zero-order valence-corrected chi connectivity index (χ0v) is 16.1. The fraction of sp³-hybridized carbons (Fsp3) is 0.381. The molecule has 0 radical (unpaired) electrons. The number of rotatable bonds is 7. The Labute approximate surface area is 164 Å². The Balaban J connectivity index is 1.47. The molecular weight excluding hydrogens is 356 g/mol. The molecule has 1 heterocycles. The predicted molar refractivity (Wildman–Crippen MR) is 112 cm³/mol.